The van der Waals surface area contributed by atoms with Crippen molar-refractivity contribution < 1.29 is 25.2 Å². The first-order valence-corrected chi connectivity index (χ1v) is 12.2. The van der Waals surface area contributed by atoms with Crippen molar-refractivity contribution in [3.63, 3.8) is 0 Å². The fraction of sp³-hybridized carbons (Fsp3) is 0.294. The standard InChI is InChI=1S/C17H20P.F6P/c1-14-12-13-18(2,15-8-4-3-5-9-15)17-11-7-6-10-16(14)17;1-7(2,3,4,5)6/h3-11,14H,12-13H2,1-2H3;/q+1;-1. The van der Waals surface area contributed by atoms with Crippen LogP contribution in [0.2, 0.25) is 0 Å². The van der Waals surface area contributed by atoms with E-state index >= 15 is 0 Å². The van der Waals surface area contributed by atoms with Crippen LogP contribution >= 0.6 is 15.1 Å². The van der Waals surface area contributed by atoms with Crippen molar-refractivity contribution in [2.45, 2.75) is 19.3 Å². The van der Waals surface area contributed by atoms with Crippen LogP contribution in [-0.4, -0.2) is 12.8 Å². The van der Waals surface area contributed by atoms with Crippen molar-refractivity contribution in [2.24, 2.45) is 0 Å². The first kappa shape index (κ1) is 20.2. The van der Waals surface area contributed by atoms with Crippen molar-refractivity contribution in [2.75, 3.05) is 12.8 Å². The summed E-state index contributed by atoms with van der Waals surface area (Å²) in [5, 5.41) is 3.19. The molecule has 2 unspecified atom stereocenters. The van der Waals surface area contributed by atoms with Crippen molar-refractivity contribution >= 4 is 25.7 Å². The van der Waals surface area contributed by atoms with Gasteiger partial charge in [0, 0.05) is 0 Å². The van der Waals surface area contributed by atoms with Crippen molar-refractivity contribution in [1.29, 1.82) is 0 Å². The molecule has 0 saturated carbocycles. The quantitative estimate of drug-likeness (QED) is 0.352. The van der Waals surface area contributed by atoms with E-state index in [4.69, 9.17) is 0 Å². The summed E-state index contributed by atoms with van der Waals surface area (Å²) in [6, 6.07) is 20.2. The Morgan fingerprint density at radius 1 is 0.840 bits per heavy atom. The van der Waals surface area contributed by atoms with Gasteiger partial charge in [-0.2, -0.15) is 0 Å². The number of hydrogen-bond donors (Lipinski definition) is 0. The summed E-state index contributed by atoms with van der Waals surface area (Å²) in [5.74, 6) is 0.720. The van der Waals surface area contributed by atoms with Crippen molar-refractivity contribution in [3.05, 3.63) is 60.2 Å². The van der Waals surface area contributed by atoms with Crippen LogP contribution in [0.15, 0.2) is 54.6 Å². The van der Waals surface area contributed by atoms with Crippen LogP contribution in [0, 0.1) is 0 Å². The molecule has 0 spiro atoms. The van der Waals surface area contributed by atoms with E-state index in [-0.39, 0.29) is 0 Å². The fourth-order valence-corrected chi connectivity index (χ4v) is 6.90. The molecular weight excluding hydrogens is 380 g/mol. The average Bonchev–Trinajstić information content (AvgIpc) is 2.49. The third kappa shape index (κ3) is 6.27. The number of hydrogen-bond acceptors (Lipinski definition) is 0. The Hall–Kier alpha value is -1.12. The minimum atomic E-state index is -10.7. The van der Waals surface area contributed by atoms with E-state index in [2.05, 4.69) is 68.2 Å². The molecule has 0 nitrogen and oxygen atoms in total. The molecule has 140 valence electrons. The van der Waals surface area contributed by atoms with E-state index in [9.17, 15) is 25.2 Å². The molecule has 0 bridgehead atoms. The normalized spacial score (nSPS) is 25.7. The van der Waals surface area contributed by atoms with E-state index in [0.29, 0.717) is 0 Å². The zero-order valence-corrected chi connectivity index (χ0v) is 15.6. The van der Waals surface area contributed by atoms with Gasteiger partial charge in [0.2, 0.25) is 0 Å². The van der Waals surface area contributed by atoms with Crippen LogP contribution in [0.5, 0.6) is 0 Å². The van der Waals surface area contributed by atoms with Gasteiger partial charge in [-0.15, -0.1) is 0 Å². The Kier molecular flexibility index (Phi) is 4.81. The summed E-state index contributed by atoms with van der Waals surface area (Å²) in [6.07, 6.45) is 2.69. The van der Waals surface area contributed by atoms with Crippen LogP contribution in [0.25, 0.3) is 0 Å². The molecule has 0 saturated heterocycles. The molecule has 2 atom stereocenters. The van der Waals surface area contributed by atoms with Crippen LogP contribution < -0.4 is 10.6 Å². The van der Waals surface area contributed by atoms with Gasteiger partial charge in [0.1, 0.15) is 5.30 Å². The van der Waals surface area contributed by atoms with Crippen molar-refractivity contribution in [3.8, 4) is 0 Å². The van der Waals surface area contributed by atoms with E-state index in [1.807, 2.05) is 0 Å². The second-order valence-electron chi connectivity index (χ2n) is 6.46. The van der Waals surface area contributed by atoms with Gasteiger partial charge in [-0.3, -0.25) is 0 Å². The van der Waals surface area contributed by atoms with Crippen molar-refractivity contribution in [1.82, 2.24) is 0 Å². The molecule has 1 aliphatic rings. The summed E-state index contributed by atoms with van der Waals surface area (Å²) in [7, 11) is -11.8. The van der Waals surface area contributed by atoms with Gasteiger partial charge >= 0.3 is 33.0 Å². The molecule has 2 aromatic rings. The van der Waals surface area contributed by atoms with Gasteiger partial charge < -0.3 is 0 Å². The monoisotopic (exact) mass is 400 g/mol. The number of fused-ring (bicyclic) bond motifs is 1. The number of benzene rings is 2. The Morgan fingerprint density at radius 2 is 1.32 bits per heavy atom. The van der Waals surface area contributed by atoms with E-state index < -0.39 is 15.1 Å². The van der Waals surface area contributed by atoms with Crippen LogP contribution in [-0.2, 0) is 0 Å². The first-order chi connectivity index (χ1) is 11.2. The maximum absolute atomic E-state index is 10.7. The molecule has 2 aromatic carbocycles. The van der Waals surface area contributed by atoms with E-state index in [1.54, 1.807) is 16.2 Å². The first-order valence-electron chi connectivity index (χ1n) is 7.74. The molecule has 1 aliphatic heterocycles. The summed E-state index contributed by atoms with van der Waals surface area (Å²) >= 11 is 0. The Balaban J connectivity index is 0.000000277. The average molecular weight is 400 g/mol. The van der Waals surface area contributed by atoms with Crippen LogP contribution in [0.1, 0.15) is 24.8 Å². The van der Waals surface area contributed by atoms with Gasteiger partial charge in [0.05, 0.1) is 25.4 Å². The predicted octanol–water partition coefficient (Wildman–Crippen LogP) is 7.17. The SMILES string of the molecule is CC1CC[P+](C)(c2ccccc2)c2ccccc21.F[P-](F)(F)(F)(F)F. The van der Waals surface area contributed by atoms with Gasteiger partial charge in [0.15, 0.2) is 0 Å². The van der Waals surface area contributed by atoms with Gasteiger partial charge in [-0.1, -0.05) is 43.3 Å². The second kappa shape index (κ2) is 5.96. The van der Waals surface area contributed by atoms with Gasteiger partial charge in [0.25, 0.3) is 0 Å². The van der Waals surface area contributed by atoms with Gasteiger partial charge in [-0.05, 0) is 36.1 Å². The molecule has 0 N–H and O–H groups in total. The third-order valence-electron chi connectivity index (χ3n) is 4.33. The van der Waals surface area contributed by atoms with Crippen LogP contribution in [0.3, 0.4) is 0 Å². The number of halogens is 6. The van der Waals surface area contributed by atoms with Gasteiger partial charge in [-0.25, -0.2) is 0 Å². The summed E-state index contributed by atoms with van der Waals surface area (Å²) < 4.78 is 59.2. The molecule has 0 fully saturated rings. The molecule has 0 radical (unpaired) electrons. The minimum absolute atomic E-state index is 0.720. The topological polar surface area (TPSA) is 0 Å². The Labute approximate surface area is 143 Å². The molecule has 0 aliphatic carbocycles. The summed E-state index contributed by atoms with van der Waals surface area (Å²) in [4.78, 5) is 0. The third-order valence-corrected chi connectivity index (χ3v) is 8.40. The molecule has 1 heterocycles. The maximum atomic E-state index is 9.87. The van der Waals surface area contributed by atoms with E-state index in [1.165, 1.54) is 12.6 Å². The Morgan fingerprint density at radius 3 is 1.88 bits per heavy atom. The predicted molar refractivity (Wildman–Crippen MR) is 96.5 cm³/mol. The zero-order chi connectivity index (χ0) is 19.0. The molecule has 0 amide bonds. The fourth-order valence-electron chi connectivity index (χ4n) is 3.11. The molecule has 8 heteroatoms. The summed E-state index contributed by atoms with van der Waals surface area (Å²) in [5.41, 5.74) is 1.59. The molecule has 25 heavy (non-hydrogen) atoms. The second-order valence-corrected chi connectivity index (χ2v) is 12.2. The van der Waals surface area contributed by atoms with Crippen LogP contribution in [0.4, 0.5) is 25.2 Å². The summed E-state index contributed by atoms with van der Waals surface area (Å²) in [6.45, 7) is 4.88. The number of rotatable bonds is 1. The molecule has 0 aromatic heterocycles. The molecule has 3 rings (SSSR count). The van der Waals surface area contributed by atoms with E-state index in [0.717, 1.165) is 5.92 Å². The Bertz CT molecular complexity index is 731. The molecular formula is C17H20F6P2. The zero-order valence-electron chi connectivity index (χ0n) is 13.8.